The molecule has 4 heteroatoms. The molecule has 1 heterocycles. The van der Waals surface area contributed by atoms with Crippen LogP contribution in [0, 0.1) is 17.2 Å². The molecule has 2 rings (SSSR count). The van der Waals surface area contributed by atoms with Gasteiger partial charge in [0.15, 0.2) is 0 Å². The molecule has 0 saturated carbocycles. The van der Waals surface area contributed by atoms with Gasteiger partial charge < -0.3 is 5.11 Å². The summed E-state index contributed by atoms with van der Waals surface area (Å²) in [6.07, 6.45) is 2.29. The molecule has 0 radical (unpaired) electrons. The molecule has 1 N–H and O–H groups in total. The van der Waals surface area contributed by atoms with Crippen LogP contribution in [0.1, 0.15) is 49.5 Å². The van der Waals surface area contributed by atoms with E-state index in [0.29, 0.717) is 12.0 Å². The number of carboxylic acids is 1. The van der Waals surface area contributed by atoms with Gasteiger partial charge in [0.1, 0.15) is 5.82 Å². The lowest BCUT2D eigenvalue weighted by Crippen LogP contribution is -2.37. The zero-order valence-corrected chi connectivity index (χ0v) is 13.0. The number of carbonyl (C=O) groups is 1. The number of aromatic carboxylic acids is 1. The van der Waals surface area contributed by atoms with E-state index in [0.717, 1.165) is 43.5 Å². The maximum Gasteiger partial charge on any atom is 0.335 e. The third-order valence-electron chi connectivity index (χ3n) is 4.42. The number of hydrogen-bond acceptors (Lipinski definition) is 2. The second kappa shape index (κ2) is 6.14. The minimum Gasteiger partial charge on any atom is -0.478 e. The van der Waals surface area contributed by atoms with E-state index in [1.807, 2.05) is 0 Å². The van der Waals surface area contributed by atoms with Crippen molar-refractivity contribution in [3.05, 3.63) is 35.1 Å². The summed E-state index contributed by atoms with van der Waals surface area (Å²) in [5, 5.41) is 8.98. The van der Waals surface area contributed by atoms with Crippen LogP contribution in [0.2, 0.25) is 0 Å². The van der Waals surface area contributed by atoms with Crippen molar-refractivity contribution >= 4 is 5.97 Å². The lowest BCUT2D eigenvalue weighted by atomic mass is 9.75. The summed E-state index contributed by atoms with van der Waals surface area (Å²) < 4.78 is 13.5. The highest BCUT2D eigenvalue weighted by Crippen LogP contribution is 2.34. The number of likely N-dealkylation sites (tertiary alicyclic amines) is 1. The molecule has 0 spiro atoms. The van der Waals surface area contributed by atoms with E-state index in [2.05, 4.69) is 25.7 Å². The van der Waals surface area contributed by atoms with Gasteiger partial charge in [-0.2, -0.15) is 0 Å². The molecule has 0 aliphatic carbocycles. The predicted molar refractivity (Wildman–Crippen MR) is 80.8 cm³/mol. The predicted octanol–water partition coefficient (Wildman–Crippen LogP) is 3.78. The maximum absolute atomic E-state index is 13.5. The van der Waals surface area contributed by atoms with Crippen LogP contribution < -0.4 is 0 Å². The van der Waals surface area contributed by atoms with Crippen molar-refractivity contribution in [2.24, 2.45) is 11.3 Å². The first-order chi connectivity index (χ1) is 9.75. The highest BCUT2D eigenvalue weighted by molar-refractivity contribution is 5.87. The van der Waals surface area contributed by atoms with E-state index in [4.69, 9.17) is 5.11 Å². The molecule has 1 aromatic carbocycles. The molecule has 1 fully saturated rings. The summed E-state index contributed by atoms with van der Waals surface area (Å²) >= 11 is 0. The van der Waals surface area contributed by atoms with Gasteiger partial charge in [-0.3, -0.25) is 4.90 Å². The Labute approximate surface area is 125 Å². The summed E-state index contributed by atoms with van der Waals surface area (Å²) in [6.45, 7) is 9.42. The average Bonchev–Trinajstić information content (AvgIpc) is 2.37. The van der Waals surface area contributed by atoms with E-state index in [1.54, 1.807) is 6.07 Å². The third-order valence-corrected chi connectivity index (χ3v) is 4.42. The zero-order valence-electron chi connectivity index (χ0n) is 13.0. The molecule has 0 bridgehead atoms. The second-order valence-electron chi connectivity index (χ2n) is 7.07. The number of piperidine rings is 1. The zero-order chi connectivity index (χ0) is 15.6. The van der Waals surface area contributed by atoms with Gasteiger partial charge in [0.2, 0.25) is 0 Å². The highest BCUT2D eigenvalue weighted by atomic mass is 19.1. The van der Waals surface area contributed by atoms with Gasteiger partial charge >= 0.3 is 5.97 Å². The van der Waals surface area contributed by atoms with Gasteiger partial charge in [0.05, 0.1) is 5.56 Å². The second-order valence-corrected chi connectivity index (χ2v) is 7.07. The molecule has 1 aliphatic heterocycles. The fourth-order valence-electron chi connectivity index (χ4n) is 3.08. The summed E-state index contributed by atoms with van der Waals surface area (Å²) in [6, 6.07) is 4.07. The van der Waals surface area contributed by atoms with Gasteiger partial charge in [0, 0.05) is 6.54 Å². The van der Waals surface area contributed by atoms with Crippen LogP contribution in [-0.2, 0) is 6.54 Å². The molecule has 116 valence electrons. The van der Waals surface area contributed by atoms with Gasteiger partial charge in [-0.05, 0) is 61.0 Å². The molecule has 0 unspecified atom stereocenters. The Balaban J connectivity index is 1.99. The fourth-order valence-corrected chi connectivity index (χ4v) is 3.08. The monoisotopic (exact) mass is 293 g/mol. The summed E-state index contributed by atoms with van der Waals surface area (Å²) in [4.78, 5) is 13.3. The molecule has 0 aromatic heterocycles. The summed E-state index contributed by atoms with van der Waals surface area (Å²) in [5.41, 5.74) is 1.10. The number of nitrogens with zero attached hydrogens (tertiary/aromatic N) is 1. The number of carboxylic acid groups (broad SMARTS) is 1. The number of halogens is 1. The Bertz CT molecular complexity index is 514. The smallest absolute Gasteiger partial charge is 0.335 e. The molecule has 3 nitrogen and oxygen atoms in total. The Morgan fingerprint density at radius 1 is 1.29 bits per heavy atom. The van der Waals surface area contributed by atoms with Crippen LogP contribution in [0.4, 0.5) is 4.39 Å². The van der Waals surface area contributed by atoms with Crippen LogP contribution in [0.3, 0.4) is 0 Å². The molecule has 21 heavy (non-hydrogen) atoms. The topological polar surface area (TPSA) is 40.5 Å². The van der Waals surface area contributed by atoms with Crippen molar-refractivity contribution in [3.8, 4) is 0 Å². The van der Waals surface area contributed by atoms with Crippen molar-refractivity contribution < 1.29 is 14.3 Å². The normalized spacial score (nSPS) is 17.9. The van der Waals surface area contributed by atoms with Crippen molar-refractivity contribution in [1.82, 2.24) is 4.90 Å². The molecule has 1 saturated heterocycles. The van der Waals surface area contributed by atoms with Crippen LogP contribution in [0.25, 0.3) is 0 Å². The van der Waals surface area contributed by atoms with Gasteiger partial charge in [-0.1, -0.05) is 20.8 Å². The van der Waals surface area contributed by atoms with Crippen molar-refractivity contribution in [2.75, 3.05) is 13.1 Å². The van der Waals surface area contributed by atoms with Crippen molar-refractivity contribution in [3.63, 3.8) is 0 Å². The average molecular weight is 293 g/mol. The van der Waals surface area contributed by atoms with Crippen LogP contribution in [-0.4, -0.2) is 29.1 Å². The first-order valence-corrected chi connectivity index (χ1v) is 7.51. The first kappa shape index (κ1) is 16.0. The van der Waals surface area contributed by atoms with Crippen LogP contribution >= 0.6 is 0 Å². The molecule has 0 amide bonds. The van der Waals surface area contributed by atoms with Gasteiger partial charge in [-0.15, -0.1) is 0 Å². The summed E-state index contributed by atoms with van der Waals surface area (Å²) in [5.74, 6) is -0.840. The number of rotatable bonds is 3. The Hall–Kier alpha value is -1.42. The molecule has 1 aliphatic rings. The van der Waals surface area contributed by atoms with E-state index >= 15 is 0 Å². The van der Waals surface area contributed by atoms with Gasteiger partial charge in [0.25, 0.3) is 0 Å². The van der Waals surface area contributed by atoms with Gasteiger partial charge in [-0.25, -0.2) is 9.18 Å². The molecular weight excluding hydrogens is 269 g/mol. The minimum absolute atomic E-state index is 0.0228. The molecular formula is C17H24FNO2. The van der Waals surface area contributed by atoms with E-state index in [-0.39, 0.29) is 5.56 Å². The van der Waals surface area contributed by atoms with Crippen molar-refractivity contribution in [1.29, 1.82) is 0 Å². The largest absolute Gasteiger partial charge is 0.478 e. The summed E-state index contributed by atoms with van der Waals surface area (Å²) in [7, 11) is 0. The maximum atomic E-state index is 13.5. The Morgan fingerprint density at radius 3 is 2.43 bits per heavy atom. The number of benzene rings is 1. The lowest BCUT2D eigenvalue weighted by molar-refractivity contribution is 0.0695. The van der Waals surface area contributed by atoms with Crippen LogP contribution in [0.5, 0.6) is 0 Å². The Morgan fingerprint density at radius 2 is 1.90 bits per heavy atom. The molecule has 0 atom stereocenters. The van der Waals surface area contributed by atoms with E-state index in [1.165, 1.54) is 6.07 Å². The SMILES string of the molecule is CC(C)(C)C1CCN(Cc2cc(F)cc(C(=O)O)c2)CC1. The number of hydrogen-bond donors (Lipinski definition) is 1. The fraction of sp³-hybridized carbons (Fsp3) is 0.588. The van der Waals surface area contributed by atoms with E-state index < -0.39 is 11.8 Å². The quantitative estimate of drug-likeness (QED) is 0.922. The standard InChI is InChI=1S/C17H24FNO2/c1-17(2,3)14-4-6-19(7-5-14)11-12-8-13(16(20)21)10-15(18)9-12/h8-10,14H,4-7,11H2,1-3H3,(H,20,21). The minimum atomic E-state index is -1.08. The molecule has 1 aromatic rings. The Kier molecular flexibility index (Phi) is 4.67. The highest BCUT2D eigenvalue weighted by Gasteiger charge is 2.28. The van der Waals surface area contributed by atoms with Crippen LogP contribution in [0.15, 0.2) is 18.2 Å². The van der Waals surface area contributed by atoms with E-state index in [9.17, 15) is 9.18 Å². The van der Waals surface area contributed by atoms with Crippen molar-refractivity contribution in [2.45, 2.75) is 40.2 Å². The first-order valence-electron chi connectivity index (χ1n) is 7.51. The third kappa shape index (κ3) is 4.27. The lowest BCUT2D eigenvalue weighted by Gasteiger charge is -2.38.